The number of hydrogen-bond donors (Lipinski definition) is 2. The average Bonchev–Trinajstić information content (AvgIpc) is 2.32. The lowest BCUT2D eigenvalue weighted by Crippen LogP contribution is -2.46. The molecule has 0 saturated heterocycles. The van der Waals surface area contributed by atoms with E-state index in [0.29, 0.717) is 11.6 Å². The molecule has 94 valence electrons. The number of halogens is 1. The molecule has 1 aliphatic carbocycles. The smallest absolute Gasteiger partial charge is 0.146 e. The summed E-state index contributed by atoms with van der Waals surface area (Å²) in [5.41, 5.74) is 0.149. The molecule has 17 heavy (non-hydrogen) atoms. The Morgan fingerprint density at radius 2 is 2.24 bits per heavy atom. The summed E-state index contributed by atoms with van der Waals surface area (Å²) in [4.78, 5) is 0. The van der Waals surface area contributed by atoms with Gasteiger partial charge < -0.3 is 10.4 Å². The van der Waals surface area contributed by atoms with Crippen molar-refractivity contribution < 1.29 is 9.50 Å². The molecular weight excluding hydrogens is 217 g/mol. The van der Waals surface area contributed by atoms with E-state index < -0.39 is 0 Å². The molecule has 3 heteroatoms. The van der Waals surface area contributed by atoms with E-state index in [2.05, 4.69) is 12.2 Å². The second-order valence-corrected chi connectivity index (χ2v) is 5.24. The number of para-hydroxylation sites is 1. The average molecular weight is 237 g/mol. The normalized spacial score (nSPS) is 29.0. The standard InChI is InChI=1S/C14H20FNO/c1-11-5-4-8-14(9-11,10-17)16-13-7-3-2-6-12(13)15/h2-3,6-7,11,16-17H,4-5,8-10H2,1H3. The van der Waals surface area contributed by atoms with Gasteiger partial charge in [-0.1, -0.05) is 31.9 Å². The second kappa shape index (κ2) is 5.05. The lowest BCUT2D eigenvalue weighted by molar-refractivity contribution is 0.149. The van der Waals surface area contributed by atoms with E-state index in [4.69, 9.17) is 0 Å². The maximum atomic E-state index is 13.6. The molecule has 2 nitrogen and oxygen atoms in total. The van der Waals surface area contributed by atoms with E-state index in [1.54, 1.807) is 12.1 Å². The highest BCUT2D eigenvalue weighted by molar-refractivity contribution is 5.47. The van der Waals surface area contributed by atoms with Crippen LogP contribution in [-0.4, -0.2) is 17.3 Å². The summed E-state index contributed by atoms with van der Waals surface area (Å²) < 4.78 is 13.6. The summed E-state index contributed by atoms with van der Waals surface area (Å²) >= 11 is 0. The highest BCUT2D eigenvalue weighted by atomic mass is 19.1. The van der Waals surface area contributed by atoms with Crippen molar-refractivity contribution in [1.82, 2.24) is 0 Å². The van der Waals surface area contributed by atoms with Crippen LogP contribution >= 0.6 is 0 Å². The van der Waals surface area contributed by atoms with Crippen LogP contribution < -0.4 is 5.32 Å². The number of rotatable bonds is 3. The van der Waals surface area contributed by atoms with Crippen LogP contribution in [0.4, 0.5) is 10.1 Å². The topological polar surface area (TPSA) is 32.3 Å². The Hall–Kier alpha value is -1.09. The molecule has 0 heterocycles. The van der Waals surface area contributed by atoms with E-state index in [1.807, 2.05) is 6.07 Å². The van der Waals surface area contributed by atoms with E-state index in [1.165, 1.54) is 12.5 Å². The molecule has 1 aromatic carbocycles. The minimum atomic E-state index is -0.347. The first-order valence-electron chi connectivity index (χ1n) is 6.29. The van der Waals surface area contributed by atoms with Gasteiger partial charge in [0.1, 0.15) is 5.82 Å². The number of aliphatic hydroxyl groups excluding tert-OH is 1. The number of aliphatic hydroxyl groups is 1. The van der Waals surface area contributed by atoms with Gasteiger partial charge in [0.2, 0.25) is 0 Å². The Morgan fingerprint density at radius 1 is 1.47 bits per heavy atom. The first kappa shape index (κ1) is 12.4. The van der Waals surface area contributed by atoms with Gasteiger partial charge in [-0.25, -0.2) is 4.39 Å². The summed E-state index contributed by atoms with van der Waals surface area (Å²) in [5.74, 6) is 0.328. The largest absolute Gasteiger partial charge is 0.394 e. The first-order valence-corrected chi connectivity index (χ1v) is 6.29. The molecule has 1 fully saturated rings. The zero-order valence-corrected chi connectivity index (χ0v) is 10.2. The predicted octanol–water partition coefficient (Wildman–Crippen LogP) is 3.18. The summed E-state index contributed by atoms with van der Waals surface area (Å²) in [6, 6.07) is 6.66. The minimum absolute atomic E-state index is 0.0612. The fraction of sp³-hybridized carbons (Fsp3) is 0.571. The van der Waals surface area contributed by atoms with Crippen molar-refractivity contribution >= 4 is 5.69 Å². The minimum Gasteiger partial charge on any atom is -0.394 e. The molecule has 2 unspecified atom stereocenters. The Bertz CT molecular complexity index is 382. The van der Waals surface area contributed by atoms with Crippen LogP contribution in [0, 0.1) is 11.7 Å². The highest BCUT2D eigenvalue weighted by Gasteiger charge is 2.34. The molecule has 0 amide bonds. The van der Waals surface area contributed by atoms with Crippen molar-refractivity contribution in [2.75, 3.05) is 11.9 Å². The Kier molecular flexibility index (Phi) is 3.67. The van der Waals surface area contributed by atoms with Gasteiger partial charge in [-0.2, -0.15) is 0 Å². The Balaban J connectivity index is 2.17. The van der Waals surface area contributed by atoms with Crippen LogP contribution in [-0.2, 0) is 0 Å². The molecule has 0 bridgehead atoms. The molecular formula is C14H20FNO. The molecule has 0 aliphatic heterocycles. The number of nitrogens with one attached hydrogen (secondary N) is 1. The predicted molar refractivity (Wildman–Crippen MR) is 67.5 cm³/mol. The fourth-order valence-electron chi connectivity index (χ4n) is 2.80. The van der Waals surface area contributed by atoms with Gasteiger partial charge in [-0.3, -0.25) is 0 Å². The summed E-state index contributed by atoms with van der Waals surface area (Å²) in [6.07, 6.45) is 4.09. The van der Waals surface area contributed by atoms with E-state index in [9.17, 15) is 9.50 Å². The molecule has 0 spiro atoms. The Morgan fingerprint density at radius 3 is 2.88 bits per heavy atom. The third kappa shape index (κ3) is 2.78. The van der Waals surface area contributed by atoms with Crippen LogP contribution in [0.2, 0.25) is 0 Å². The monoisotopic (exact) mass is 237 g/mol. The zero-order chi connectivity index (χ0) is 12.3. The third-order valence-electron chi connectivity index (χ3n) is 3.67. The summed E-state index contributed by atoms with van der Waals surface area (Å²) in [6.45, 7) is 2.25. The van der Waals surface area contributed by atoms with E-state index in [0.717, 1.165) is 19.3 Å². The van der Waals surface area contributed by atoms with Crippen molar-refractivity contribution in [3.05, 3.63) is 30.1 Å². The van der Waals surface area contributed by atoms with Gasteiger partial charge in [-0.05, 0) is 30.9 Å². The number of benzene rings is 1. The van der Waals surface area contributed by atoms with Gasteiger partial charge in [-0.15, -0.1) is 0 Å². The summed E-state index contributed by atoms with van der Waals surface area (Å²) in [5, 5.41) is 12.8. The van der Waals surface area contributed by atoms with Crippen LogP contribution in [0.15, 0.2) is 24.3 Å². The van der Waals surface area contributed by atoms with Gasteiger partial charge in [0.05, 0.1) is 17.8 Å². The maximum Gasteiger partial charge on any atom is 0.146 e. The second-order valence-electron chi connectivity index (χ2n) is 5.24. The molecule has 2 atom stereocenters. The molecule has 2 rings (SSSR count). The first-order chi connectivity index (χ1) is 8.15. The van der Waals surface area contributed by atoms with E-state index >= 15 is 0 Å². The molecule has 1 saturated carbocycles. The quantitative estimate of drug-likeness (QED) is 0.846. The van der Waals surface area contributed by atoms with E-state index in [-0.39, 0.29) is 18.0 Å². The van der Waals surface area contributed by atoms with Crippen molar-refractivity contribution in [2.45, 2.75) is 38.1 Å². The van der Waals surface area contributed by atoms with Crippen LogP contribution in [0.25, 0.3) is 0 Å². The lowest BCUT2D eigenvalue weighted by atomic mass is 9.76. The SMILES string of the molecule is CC1CCCC(CO)(Nc2ccccc2F)C1. The van der Waals surface area contributed by atoms with Gasteiger partial charge in [0, 0.05) is 0 Å². The number of hydrogen-bond acceptors (Lipinski definition) is 2. The molecule has 2 N–H and O–H groups in total. The van der Waals surface area contributed by atoms with Crippen molar-refractivity contribution in [3.8, 4) is 0 Å². The highest BCUT2D eigenvalue weighted by Crippen LogP contribution is 2.35. The summed E-state index contributed by atoms with van der Waals surface area (Å²) in [7, 11) is 0. The molecule has 0 radical (unpaired) electrons. The lowest BCUT2D eigenvalue weighted by Gasteiger charge is -2.40. The van der Waals surface area contributed by atoms with Crippen molar-refractivity contribution in [1.29, 1.82) is 0 Å². The molecule has 1 aromatic rings. The van der Waals surface area contributed by atoms with Crippen molar-refractivity contribution in [3.63, 3.8) is 0 Å². The van der Waals surface area contributed by atoms with Crippen LogP contribution in [0.5, 0.6) is 0 Å². The maximum absolute atomic E-state index is 13.6. The van der Waals surface area contributed by atoms with Gasteiger partial charge >= 0.3 is 0 Å². The van der Waals surface area contributed by atoms with Crippen molar-refractivity contribution in [2.24, 2.45) is 5.92 Å². The van der Waals surface area contributed by atoms with Crippen LogP contribution in [0.1, 0.15) is 32.6 Å². The third-order valence-corrected chi connectivity index (χ3v) is 3.67. The Labute approximate surface area is 102 Å². The van der Waals surface area contributed by atoms with Gasteiger partial charge in [0.15, 0.2) is 0 Å². The zero-order valence-electron chi connectivity index (χ0n) is 10.2. The van der Waals surface area contributed by atoms with Gasteiger partial charge in [0.25, 0.3) is 0 Å². The molecule has 0 aromatic heterocycles. The fourth-order valence-corrected chi connectivity index (χ4v) is 2.80. The van der Waals surface area contributed by atoms with Crippen LogP contribution in [0.3, 0.4) is 0 Å². The number of anilines is 1. The molecule has 1 aliphatic rings.